The summed E-state index contributed by atoms with van der Waals surface area (Å²) in [6.45, 7) is 0. The fourth-order valence-corrected chi connectivity index (χ4v) is 0. The van der Waals surface area contributed by atoms with Crippen LogP contribution in [0.4, 0.5) is 17.6 Å². The second-order valence-electron chi connectivity index (χ2n) is 1.57. The van der Waals surface area contributed by atoms with Gasteiger partial charge in [0.15, 0.2) is 0 Å². The third kappa shape index (κ3) is 14.9. The maximum Gasteiger partial charge on any atom is 2.00 e. The summed E-state index contributed by atoms with van der Waals surface area (Å²) >= 11 is 0.942. The first-order valence-electron chi connectivity index (χ1n) is 2.45. The molecule has 0 bridgehead atoms. The Hall–Kier alpha value is 0.886. The summed E-state index contributed by atoms with van der Waals surface area (Å²) < 4.78 is 37.2. The number of alkyl halides is 6. The van der Waals surface area contributed by atoms with E-state index in [9.17, 15) is 17.6 Å². The second-order valence-corrected chi connectivity index (χ2v) is 4.28. The van der Waals surface area contributed by atoms with E-state index in [0.29, 0.717) is 45.2 Å². The van der Waals surface area contributed by atoms with Gasteiger partial charge in [0.2, 0.25) is 0 Å². The Labute approximate surface area is 124 Å². The molecule has 84 valence electrons. The van der Waals surface area contributed by atoms with Crippen LogP contribution in [0.1, 0.15) is 0 Å². The summed E-state index contributed by atoms with van der Waals surface area (Å²) in [7, 11) is 0. The Morgan fingerprint density at radius 1 is 0.867 bits per heavy atom. The molecule has 0 N–H and O–H groups in total. The Balaban J connectivity index is -0.000000180. The molecule has 0 aromatic carbocycles. The van der Waals surface area contributed by atoms with Crippen LogP contribution in [0, 0.1) is 0 Å². The first-order valence-corrected chi connectivity index (χ1v) is 4.61. The smallest absolute Gasteiger partial charge is 0.543 e. The van der Waals surface area contributed by atoms with Crippen LogP contribution < -0.4 is 10.2 Å². The molecule has 0 heterocycles. The van der Waals surface area contributed by atoms with E-state index in [-0.39, 0.29) is 23.1 Å². The molecule has 0 aromatic rings. The van der Waals surface area contributed by atoms with E-state index in [2.05, 4.69) is 0 Å². The van der Waals surface area contributed by atoms with Crippen LogP contribution in [0.15, 0.2) is 0 Å². The summed E-state index contributed by atoms with van der Waals surface area (Å²) in [6.07, 6.45) is 0. The Bertz CT molecular complexity index is 202. The SMILES string of the molecule is O=C([O-])C(F)(F)I.O=C([O-])C(F)(F)I.[Mg+2]. The molecular weight excluding hydrogens is 466 g/mol. The van der Waals surface area contributed by atoms with Crippen molar-refractivity contribution in [3.63, 3.8) is 0 Å². The van der Waals surface area contributed by atoms with Crippen molar-refractivity contribution in [1.29, 1.82) is 0 Å². The van der Waals surface area contributed by atoms with Gasteiger partial charge in [0.05, 0.1) is 0 Å². The van der Waals surface area contributed by atoms with Gasteiger partial charge in [-0.2, -0.15) is 17.6 Å². The van der Waals surface area contributed by atoms with Crippen LogP contribution in [-0.4, -0.2) is 42.8 Å². The van der Waals surface area contributed by atoms with Crippen LogP contribution >= 0.6 is 45.2 Å². The van der Waals surface area contributed by atoms with Gasteiger partial charge >= 0.3 is 30.9 Å². The number of aliphatic carboxylic acids is 2. The van der Waals surface area contributed by atoms with Gasteiger partial charge in [-0.05, 0) is 0 Å². The van der Waals surface area contributed by atoms with E-state index in [4.69, 9.17) is 19.8 Å². The van der Waals surface area contributed by atoms with Gasteiger partial charge in [0, 0.05) is 45.2 Å². The minimum absolute atomic E-state index is 0. The molecule has 11 heteroatoms. The molecule has 0 radical (unpaired) electrons. The van der Waals surface area contributed by atoms with Crippen molar-refractivity contribution in [3.05, 3.63) is 0 Å². The van der Waals surface area contributed by atoms with Crippen LogP contribution in [0.25, 0.3) is 0 Å². The van der Waals surface area contributed by atoms with Gasteiger partial charge in [-0.25, -0.2) is 0 Å². The number of carboxylic acids is 2. The number of hydrogen-bond acceptors (Lipinski definition) is 4. The molecule has 0 rings (SSSR count). The average molecular weight is 466 g/mol. The molecule has 0 saturated carbocycles. The average Bonchev–Trinajstić information content (AvgIpc) is 1.83. The fraction of sp³-hybridized carbons (Fsp3) is 0.500. The normalized spacial score (nSPS) is 10.5. The Morgan fingerprint density at radius 2 is 0.933 bits per heavy atom. The third-order valence-electron chi connectivity index (χ3n) is 0.463. The molecule has 0 atom stereocenters. The second kappa shape index (κ2) is 8.05. The van der Waals surface area contributed by atoms with E-state index in [1.165, 1.54) is 0 Å². The standard InChI is InChI=1S/2C2HF2IO2.Mg/c2*3-2(4,5)1(6)7;/h2*(H,6,7);/q;;+2/p-2. The van der Waals surface area contributed by atoms with Crippen molar-refractivity contribution in [2.75, 3.05) is 0 Å². The molecule has 0 amide bonds. The molecule has 0 unspecified atom stereocenters. The zero-order valence-electron chi connectivity index (χ0n) is 6.61. The molecule has 0 aliphatic rings. The van der Waals surface area contributed by atoms with Crippen molar-refractivity contribution in [2.24, 2.45) is 0 Å². The van der Waals surface area contributed by atoms with Crippen molar-refractivity contribution < 1.29 is 37.4 Å². The maximum atomic E-state index is 11.2. The van der Waals surface area contributed by atoms with Crippen LogP contribution in [0.5, 0.6) is 0 Å². The molecule has 4 nitrogen and oxygen atoms in total. The predicted octanol–water partition coefficient (Wildman–Crippen LogP) is -0.853. The van der Waals surface area contributed by atoms with Crippen molar-refractivity contribution in [3.8, 4) is 0 Å². The van der Waals surface area contributed by atoms with Crippen molar-refractivity contribution >= 4 is 80.2 Å². The summed E-state index contributed by atoms with van der Waals surface area (Å²) in [5, 5.41) is 18.3. The van der Waals surface area contributed by atoms with Gasteiger partial charge in [-0.3, -0.25) is 0 Å². The molecule has 0 spiro atoms. The van der Waals surface area contributed by atoms with Crippen molar-refractivity contribution in [2.45, 2.75) is 7.86 Å². The Kier molecular flexibility index (Phi) is 11.4. The largest absolute Gasteiger partial charge is 2.00 e. The summed E-state index contributed by atoms with van der Waals surface area (Å²) in [4.78, 5) is 18.3. The zero-order valence-corrected chi connectivity index (χ0v) is 12.3. The summed E-state index contributed by atoms with van der Waals surface area (Å²) in [5.74, 6) is -4.71. The number of rotatable bonds is 2. The Morgan fingerprint density at radius 3 is 0.933 bits per heavy atom. The molecular formula is C4F4I2MgO4. The monoisotopic (exact) mass is 466 g/mol. The number of carbonyl (C=O) groups is 2. The topological polar surface area (TPSA) is 80.3 Å². The van der Waals surface area contributed by atoms with E-state index in [1.54, 1.807) is 0 Å². The number of halogens is 6. The van der Waals surface area contributed by atoms with Gasteiger partial charge < -0.3 is 19.8 Å². The molecule has 0 aromatic heterocycles. The van der Waals surface area contributed by atoms with E-state index in [1.807, 2.05) is 0 Å². The van der Waals surface area contributed by atoms with Gasteiger partial charge in [0.1, 0.15) is 11.9 Å². The molecule has 0 saturated heterocycles. The van der Waals surface area contributed by atoms with E-state index >= 15 is 0 Å². The first-order chi connectivity index (χ1) is 5.89. The molecule has 15 heavy (non-hydrogen) atoms. The summed E-state index contributed by atoms with van der Waals surface area (Å²) in [6, 6.07) is 0. The van der Waals surface area contributed by atoms with Crippen LogP contribution in [-0.2, 0) is 9.59 Å². The molecule has 0 fully saturated rings. The fourth-order valence-electron chi connectivity index (χ4n) is 0. The number of carboxylic acid groups (broad SMARTS) is 2. The first kappa shape index (κ1) is 21.2. The van der Waals surface area contributed by atoms with E-state index < -0.39 is 19.8 Å². The minimum atomic E-state index is -3.72. The number of carbonyl (C=O) groups excluding carboxylic acids is 2. The van der Waals surface area contributed by atoms with Crippen molar-refractivity contribution in [1.82, 2.24) is 0 Å². The quantitative estimate of drug-likeness (QED) is 0.230. The van der Waals surface area contributed by atoms with Crippen LogP contribution in [0.3, 0.4) is 0 Å². The van der Waals surface area contributed by atoms with Crippen LogP contribution in [0.2, 0.25) is 0 Å². The van der Waals surface area contributed by atoms with Gasteiger partial charge in [-0.1, -0.05) is 0 Å². The maximum absolute atomic E-state index is 11.2. The van der Waals surface area contributed by atoms with Gasteiger partial charge in [-0.15, -0.1) is 0 Å². The van der Waals surface area contributed by atoms with Gasteiger partial charge in [0.25, 0.3) is 0 Å². The third-order valence-corrected chi connectivity index (χ3v) is 1.34. The minimum Gasteiger partial charge on any atom is -0.543 e. The predicted molar refractivity (Wildman–Crippen MR) is 53.7 cm³/mol. The molecule has 0 aliphatic carbocycles. The molecule has 0 aliphatic heterocycles. The summed E-state index contributed by atoms with van der Waals surface area (Å²) in [5.41, 5.74) is 0. The number of hydrogen-bond donors (Lipinski definition) is 0. The zero-order chi connectivity index (χ0) is 12.2. The van der Waals surface area contributed by atoms with E-state index in [0.717, 1.165) is 0 Å².